The van der Waals surface area contributed by atoms with Crippen LogP contribution in [0, 0.1) is 22.5 Å². The number of carbonyl (C=O) groups excluding carboxylic acids is 1. The highest BCUT2D eigenvalue weighted by atomic mass is 16.6. The fourth-order valence-corrected chi connectivity index (χ4v) is 2.12. The Morgan fingerprint density at radius 1 is 1.42 bits per heavy atom. The smallest absolute Gasteiger partial charge is 0.293 e. The molecule has 0 aliphatic rings. The normalized spacial score (nSPS) is 11.2. The molecule has 122 valence electrons. The van der Waals surface area contributed by atoms with Crippen molar-refractivity contribution in [3.05, 3.63) is 64.0 Å². The van der Waals surface area contributed by atoms with Crippen LogP contribution in [0.15, 0.2) is 42.6 Å². The van der Waals surface area contributed by atoms with E-state index in [1.54, 1.807) is 12.3 Å². The maximum absolute atomic E-state index is 11.9. The highest BCUT2D eigenvalue weighted by Gasteiger charge is 2.19. The van der Waals surface area contributed by atoms with Gasteiger partial charge in [0.1, 0.15) is 5.69 Å². The molecule has 2 aromatic rings. The van der Waals surface area contributed by atoms with Crippen LogP contribution in [-0.2, 0) is 0 Å². The maximum Gasteiger partial charge on any atom is 0.293 e. The molecule has 1 aromatic carbocycles. The van der Waals surface area contributed by atoms with E-state index in [9.17, 15) is 14.9 Å². The maximum atomic E-state index is 11.9. The Bertz CT molecular complexity index is 784. The number of aromatic nitrogens is 1. The first-order chi connectivity index (χ1) is 11.5. The first-order valence-corrected chi connectivity index (χ1v) is 7.20. The van der Waals surface area contributed by atoms with Crippen LogP contribution in [0.2, 0.25) is 0 Å². The fourth-order valence-electron chi connectivity index (χ4n) is 2.12. The van der Waals surface area contributed by atoms with Gasteiger partial charge in [-0.15, -0.1) is 6.42 Å². The van der Waals surface area contributed by atoms with Crippen molar-refractivity contribution in [2.75, 3.05) is 11.9 Å². The van der Waals surface area contributed by atoms with Gasteiger partial charge in [0, 0.05) is 17.8 Å². The van der Waals surface area contributed by atoms with Crippen molar-refractivity contribution in [1.29, 1.82) is 0 Å². The molecule has 0 radical (unpaired) electrons. The molecule has 7 heteroatoms. The van der Waals surface area contributed by atoms with Gasteiger partial charge in [-0.25, -0.2) is 0 Å². The summed E-state index contributed by atoms with van der Waals surface area (Å²) in [6.07, 6.45) is 6.73. The van der Waals surface area contributed by atoms with Crippen LogP contribution in [-0.4, -0.2) is 22.4 Å². The van der Waals surface area contributed by atoms with Gasteiger partial charge in [-0.2, -0.15) is 0 Å². The standard InChI is InChI=1S/C17H16N4O3/c1-3-9-19-17(22)13-7-8-15(16(11-13)21(23)24)20-12(2)14-6-4-5-10-18-14/h1,4-8,10-12,20H,9H2,2H3,(H,19,22). The van der Waals surface area contributed by atoms with E-state index in [4.69, 9.17) is 6.42 Å². The molecule has 0 bridgehead atoms. The topological polar surface area (TPSA) is 97.2 Å². The molecule has 1 heterocycles. The van der Waals surface area contributed by atoms with E-state index in [2.05, 4.69) is 21.5 Å². The van der Waals surface area contributed by atoms with Crippen molar-refractivity contribution in [2.45, 2.75) is 13.0 Å². The van der Waals surface area contributed by atoms with Gasteiger partial charge in [0.25, 0.3) is 11.6 Å². The second-order valence-corrected chi connectivity index (χ2v) is 5.00. The van der Waals surface area contributed by atoms with Crippen molar-refractivity contribution in [2.24, 2.45) is 0 Å². The average molecular weight is 324 g/mol. The molecule has 1 unspecified atom stereocenters. The lowest BCUT2D eigenvalue weighted by molar-refractivity contribution is -0.384. The number of carbonyl (C=O) groups is 1. The molecule has 7 nitrogen and oxygen atoms in total. The summed E-state index contributed by atoms with van der Waals surface area (Å²) in [5.41, 5.74) is 1.05. The van der Waals surface area contributed by atoms with E-state index >= 15 is 0 Å². The zero-order chi connectivity index (χ0) is 17.5. The molecule has 1 amide bonds. The van der Waals surface area contributed by atoms with E-state index in [1.807, 2.05) is 19.1 Å². The lowest BCUT2D eigenvalue weighted by Gasteiger charge is -2.15. The minimum atomic E-state index is -0.536. The van der Waals surface area contributed by atoms with Crippen LogP contribution in [0.4, 0.5) is 11.4 Å². The zero-order valence-electron chi connectivity index (χ0n) is 13.0. The molecule has 2 N–H and O–H groups in total. The lowest BCUT2D eigenvalue weighted by Crippen LogP contribution is -2.23. The number of nitrogens with zero attached hydrogens (tertiary/aromatic N) is 2. The van der Waals surface area contributed by atoms with E-state index in [1.165, 1.54) is 18.2 Å². The number of nitro benzene ring substituents is 1. The Labute approximate surface area is 139 Å². The van der Waals surface area contributed by atoms with Crippen LogP contribution >= 0.6 is 0 Å². The predicted molar refractivity (Wildman–Crippen MR) is 90.5 cm³/mol. The van der Waals surface area contributed by atoms with Crippen LogP contribution in [0.3, 0.4) is 0 Å². The second-order valence-electron chi connectivity index (χ2n) is 5.00. The summed E-state index contributed by atoms with van der Waals surface area (Å²) < 4.78 is 0. The van der Waals surface area contributed by atoms with E-state index in [-0.39, 0.29) is 23.8 Å². The third kappa shape index (κ3) is 4.08. The highest BCUT2D eigenvalue weighted by Crippen LogP contribution is 2.28. The Balaban J connectivity index is 2.25. The Morgan fingerprint density at radius 3 is 2.83 bits per heavy atom. The van der Waals surface area contributed by atoms with Crippen LogP contribution in [0.5, 0.6) is 0 Å². The van der Waals surface area contributed by atoms with Gasteiger partial charge in [-0.05, 0) is 31.2 Å². The molecule has 0 aliphatic heterocycles. The minimum absolute atomic E-state index is 0.0589. The largest absolute Gasteiger partial charge is 0.371 e. The molecular formula is C17H16N4O3. The summed E-state index contributed by atoms with van der Waals surface area (Å²) in [5, 5.41) is 16.8. The number of hydrogen-bond acceptors (Lipinski definition) is 5. The number of amides is 1. The van der Waals surface area contributed by atoms with Gasteiger partial charge < -0.3 is 10.6 Å². The Morgan fingerprint density at radius 2 is 2.21 bits per heavy atom. The summed E-state index contributed by atoms with van der Waals surface area (Å²) in [6.45, 7) is 1.91. The predicted octanol–water partition coefficient (Wildman–Crippen LogP) is 2.53. The quantitative estimate of drug-likeness (QED) is 0.483. The lowest BCUT2D eigenvalue weighted by atomic mass is 10.1. The fraction of sp³-hybridized carbons (Fsp3) is 0.176. The summed E-state index contributed by atoms with van der Waals surface area (Å²) in [4.78, 5) is 26.9. The van der Waals surface area contributed by atoms with Gasteiger partial charge in [0.2, 0.25) is 0 Å². The molecule has 1 atom stereocenters. The molecular weight excluding hydrogens is 308 g/mol. The number of terminal acetylenes is 1. The van der Waals surface area contributed by atoms with Crippen molar-refractivity contribution < 1.29 is 9.72 Å². The van der Waals surface area contributed by atoms with E-state index < -0.39 is 10.8 Å². The van der Waals surface area contributed by atoms with Crippen molar-refractivity contribution in [3.8, 4) is 12.3 Å². The molecule has 24 heavy (non-hydrogen) atoms. The molecule has 1 aromatic heterocycles. The first-order valence-electron chi connectivity index (χ1n) is 7.20. The summed E-state index contributed by atoms with van der Waals surface area (Å²) in [7, 11) is 0. The van der Waals surface area contributed by atoms with Gasteiger partial charge >= 0.3 is 0 Å². The number of hydrogen-bond donors (Lipinski definition) is 2. The monoisotopic (exact) mass is 324 g/mol. The van der Waals surface area contributed by atoms with Crippen molar-refractivity contribution >= 4 is 17.3 Å². The number of nitro groups is 1. The molecule has 2 rings (SSSR count). The van der Waals surface area contributed by atoms with Gasteiger partial charge in [0.15, 0.2) is 0 Å². The third-order valence-corrected chi connectivity index (χ3v) is 3.31. The number of nitrogens with one attached hydrogen (secondary N) is 2. The first kappa shape index (κ1) is 17.0. The third-order valence-electron chi connectivity index (χ3n) is 3.31. The Hall–Kier alpha value is -3.40. The van der Waals surface area contributed by atoms with Gasteiger partial charge in [-0.3, -0.25) is 19.9 Å². The highest BCUT2D eigenvalue weighted by molar-refractivity contribution is 5.95. The zero-order valence-corrected chi connectivity index (χ0v) is 13.0. The van der Waals surface area contributed by atoms with E-state index in [0.29, 0.717) is 5.69 Å². The van der Waals surface area contributed by atoms with Gasteiger partial charge in [0.05, 0.1) is 23.2 Å². The SMILES string of the molecule is C#CCNC(=O)c1ccc(NC(C)c2ccccn2)c([N+](=O)[O-])c1. The number of pyridine rings is 1. The van der Waals surface area contributed by atoms with Crippen molar-refractivity contribution in [3.63, 3.8) is 0 Å². The molecule has 0 saturated carbocycles. The van der Waals surface area contributed by atoms with Crippen LogP contribution < -0.4 is 10.6 Å². The average Bonchev–Trinajstić information content (AvgIpc) is 2.60. The summed E-state index contributed by atoms with van der Waals surface area (Å²) in [6, 6.07) is 9.46. The number of anilines is 1. The molecule has 0 aliphatic carbocycles. The summed E-state index contributed by atoms with van der Waals surface area (Å²) >= 11 is 0. The molecule has 0 spiro atoms. The van der Waals surface area contributed by atoms with E-state index in [0.717, 1.165) is 5.69 Å². The minimum Gasteiger partial charge on any atom is -0.371 e. The van der Waals surface area contributed by atoms with Gasteiger partial charge in [-0.1, -0.05) is 12.0 Å². The second kappa shape index (κ2) is 7.74. The molecule has 0 fully saturated rings. The molecule has 0 saturated heterocycles. The van der Waals surface area contributed by atoms with Crippen LogP contribution in [0.1, 0.15) is 29.0 Å². The summed E-state index contributed by atoms with van der Waals surface area (Å²) in [5.74, 6) is 1.82. The van der Waals surface area contributed by atoms with Crippen LogP contribution in [0.25, 0.3) is 0 Å². The Kier molecular flexibility index (Phi) is 5.47. The number of rotatable bonds is 6. The van der Waals surface area contributed by atoms with Crippen molar-refractivity contribution in [1.82, 2.24) is 10.3 Å². The number of benzene rings is 1.